The van der Waals surface area contributed by atoms with E-state index >= 15 is 0 Å². The van der Waals surface area contributed by atoms with E-state index in [1.165, 1.54) is 0 Å². The molecular weight excluding hydrogens is 558 g/mol. The Morgan fingerprint density at radius 2 is 0.889 bits per heavy atom. The van der Waals surface area contributed by atoms with Gasteiger partial charge in [0.2, 0.25) is 0 Å². The van der Waals surface area contributed by atoms with Gasteiger partial charge in [0.1, 0.15) is 11.5 Å². The maximum Gasteiger partial charge on any atom is 3.00 e. The third kappa shape index (κ3) is 7.13. The third-order valence-corrected chi connectivity index (χ3v) is 5.28. The van der Waals surface area contributed by atoms with Crippen LogP contribution in [0.15, 0.2) is 98.1 Å². The van der Waals surface area contributed by atoms with Gasteiger partial charge in [-0.2, -0.15) is 0 Å². The summed E-state index contributed by atoms with van der Waals surface area (Å²) in [5.41, 5.74) is 5.62. The van der Waals surface area contributed by atoms with E-state index in [1.807, 2.05) is 72.8 Å². The van der Waals surface area contributed by atoms with Crippen molar-refractivity contribution in [3.63, 3.8) is 0 Å². The van der Waals surface area contributed by atoms with E-state index in [1.54, 1.807) is 12.2 Å². The maximum atomic E-state index is 10.7. The summed E-state index contributed by atoms with van der Waals surface area (Å²) in [6.07, 6.45) is 4.68. The van der Waals surface area contributed by atoms with Gasteiger partial charge in [0, 0.05) is 11.1 Å². The molecule has 186 valence electrons. The number of pyridine rings is 2. The van der Waals surface area contributed by atoms with Crippen LogP contribution in [-0.4, -0.2) is 20.2 Å². The Morgan fingerprint density at radius 3 is 1.25 bits per heavy atom. The van der Waals surface area contributed by atoms with Crippen molar-refractivity contribution >= 4 is 0 Å². The van der Waals surface area contributed by atoms with E-state index in [4.69, 9.17) is 9.97 Å². The van der Waals surface area contributed by atoms with E-state index in [9.17, 15) is 10.2 Å². The van der Waals surface area contributed by atoms with Crippen molar-refractivity contribution in [3.8, 4) is 45.4 Å². The molecule has 4 rings (SSSR count). The smallest absolute Gasteiger partial charge is 1.00 e. The van der Waals surface area contributed by atoms with Crippen LogP contribution in [0.2, 0.25) is 0 Å². The van der Waals surface area contributed by atoms with Crippen LogP contribution in [0.4, 0.5) is 0 Å². The van der Waals surface area contributed by atoms with Gasteiger partial charge in [0.15, 0.2) is 0 Å². The average Bonchev–Trinajstić information content (AvgIpc) is 2.82. The zero-order valence-electron chi connectivity index (χ0n) is 19.2. The Balaban J connectivity index is 0.00000306. The summed E-state index contributed by atoms with van der Waals surface area (Å²) >= 11 is 0. The number of aromatic hydroxyl groups is 2. The van der Waals surface area contributed by atoms with Gasteiger partial charge >= 0.3 is 17.1 Å². The normalized spacial score (nSPS) is 9.44. The Hall–Kier alpha value is -2.79. The summed E-state index contributed by atoms with van der Waals surface area (Å²) in [5, 5.41) is 21.4. The Morgan fingerprint density at radius 1 is 0.556 bits per heavy atom. The fourth-order valence-electron chi connectivity index (χ4n) is 3.69. The number of allylic oxidation sites excluding steroid dienone is 2. The molecule has 0 aliphatic carbocycles. The van der Waals surface area contributed by atoms with Crippen LogP contribution < -0.4 is 37.2 Å². The SMILES string of the molecule is C=CCc1cccc(-c2cccc(-c3cccc(-c4cccc(CC=C)c4O)n3)n2)c1O.[Cl-].[Cl-].[Cl-].[Mn+3]. The molecule has 2 aromatic carbocycles. The second-order valence-electron chi connectivity index (χ2n) is 7.43. The van der Waals surface area contributed by atoms with E-state index in [-0.39, 0.29) is 65.8 Å². The van der Waals surface area contributed by atoms with Gasteiger partial charge in [-0.15, -0.1) is 13.2 Å². The topological polar surface area (TPSA) is 66.2 Å². The van der Waals surface area contributed by atoms with Gasteiger partial charge in [0.25, 0.3) is 0 Å². The molecular formula is C28H24Cl3MnN2O2. The molecule has 0 spiro atoms. The zero-order valence-corrected chi connectivity index (χ0v) is 22.7. The number of phenols is 2. The molecule has 4 nitrogen and oxygen atoms in total. The van der Waals surface area contributed by atoms with Crippen LogP contribution >= 0.6 is 0 Å². The first kappa shape index (κ1) is 33.2. The van der Waals surface area contributed by atoms with Crippen molar-refractivity contribution in [1.29, 1.82) is 0 Å². The van der Waals surface area contributed by atoms with Crippen LogP contribution in [0, 0.1) is 0 Å². The number of halogens is 3. The van der Waals surface area contributed by atoms with Gasteiger partial charge in [-0.1, -0.05) is 48.6 Å². The van der Waals surface area contributed by atoms with Crippen LogP contribution in [-0.2, 0) is 29.9 Å². The monoisotopic (exact) mass is 580 g/mol. The van der Waals surface area contributed by atoms with E-state index in [2.05, 4.69) is 13.2 Å². The molecule has 2 aromatic heterocycles. The molecule has 2 N–H and O–H groups in total. The van der Waals surface area contributed by atoms with E-state index in [0.717, 1.165) is 11.1 Å². The largest absolute Gasteiger partial charge is 3.00 e. The number of para-hydroxylation sites is 2. The van der Waals surface area contributed by atoms with Crippen molar-refractivity contribution in [2.45, 2.75) is 12.8 Å². The average molecular weight is 582 g/mol. The summed E-state index contributed by atoms with van der Waals surface area (Å²) < 4.78 is 0. The number of benzene rings is 2. The number of hydrogen-bond donors (Lipinski definition) is 2. The van der Waals surface area contributed by atoms with Crippen molar-refractivity contribution in [2.24, 2.45) is 0 Å². The van der Waals surface area contributed by atoms with Gasteiger partial charge in [-0.25, -0.2) is 9.97 Å². The van der Waals surface area contributed by atoms with Crippen LogP contribution in [0.3, 0.4) is 0 Å². The molecule has 0 aliphatic heterocycles. The van der Waals surface area contributed by atoms with Gasteiger partial charge in [0.05, 0.1) is 22.8 Å². The number of nitrogens with zero attached hydrogens (tertiary/aromatic N) is 2. The van der Waals surface area contributed by atoms with Gasteiger partial charge in [-0.3, -0.25) is 0 Å². The Bertz CT molecular complexity index is 1210. The summed E-state index contributed by atoms with van der Waals surface area (Å²) in [6.45, 7) is 7.50. The number of phenolic OH excluding ortho intramolecular Hbond substituents is 2. The molecule has 0 unspecified atom stereocenters. The summed E-state index contributed by atoms with van der Waals surface area (Å²) in [7, 11) is 0. The van der Waals surface area contributed by atoms with Crippen molar-refractivity contribution < 1.29 is 64.5 Å². The molecule has 0 bridgehead atoms. The second-order valence-corrected chi connectivity index (χ2v) is 7.43. The van der Waals surface area contributed by atoms with Crippen molar-refractivity contribution in [1.82, 2.24) is 9.97 Å². The standard InChI is InChI=1S/C28H24N2O2.3ClH.Mn/c1-3-9-19-11-5-13-21(27(19)31)23-15-7-17-25(29-23)26-18-8-16-24(30-26)22-14-6-12-20(10-4-2)28(22)32;;;;/h3-8,11-18,31-32H,1-2,9-10H2;3*1H;/q;;;;+3/p-3. The minimum atomic E-state index is 0. The molecule has 0 saturated heterocycles. The molecule has 0 aliphatic rings. The van der Waals surface area contributed by atoms with Crippen molar-refractivity contribution in [3.05, 3.63) is 109 Å². The van der Waals surface area contributed by atoms with Crippen LogP contribution in [0.5, 0.6) is 11.5 Å². The van der Waals surface area contributed by atoms with E-state index < -0.39 is 0 Å². The predicted molar refractivity (Wildman–Crippen MR) is 129 cm³/mol. The molecule has 0 saturated carbocycles. The van der Waals surface area contributed by atoms with Crippen LogP contribution in [0.1, 0.15) is 11.1 Å². The third-order valence-electron chi connectivity index (χ3n) is 5.28. The number of aromatic nitrogens is 2. The molecule has 0 radical (unpaired) electrons. The first-order chi connectivity index (χ1) is 15.6. The second kappa shape index (κ2) is 15.3. The Labute approximate surface area is 240 Å². The quantitative estimate of drug-likeness (QED) is 0.185. The minimum Gasteiger partial charge on any atom is -1.00 e. The predicted octanol–water partition coefficient (Wildman–Crippen LogP) is -2.64. The van der Waals surface area contributed by atoms with Crippen molar-refractivity contribution in [2.75, 3.05) is 0 Å². The fraction of sp³-hybridized carbons (Fsp3) is 0.0714. The molecule has 36 heavy (non-hydrogen) atoms. The summed E-state index contributed by atoms with van der Waals surface area (Å²) in [6, 6.07) is 22.5. The number of hydrogen-bond acceptors (Lipinski definition) is 4. The first-order valence-electron chi connectivity index (χ1n) is 10.4. The summed E-state index contributed by atoms with van der Waals surface area (Å²) in [4.78, 5) is 9.51. The molecule has 0 atom stereocenters. The summed E-state index contributed by atoms with van der Waals surface area (Å²) in [5.74, 6) is 0.422. The molecule has 0 amide bonds. The minimum absolute atomic E-state index is 0. The molecule has 8 heteroatoms. The fourth-order valence-corrected chi connectivity index (χ4v) is 3.69. The first-order valence-corrected chi connectivity index (χ1v) is 10.4. The van der Waals surface area contributed by atoms with E-state index in [0.29, 0.717) is 46.7 Å². The molecule has 2 heterocycles. The molecule has 0 fully saturated rings. The zero-order chi connectivity index (χ0) is 22.5. The van der Waals surface area contributed by atoms with Gasteiger partial charge in [-0.05, 0) is 60.4 Å². The Kier molecular flexibility index (Phi) is 14.2. The number of rotatable bonds is 7. The molecule has 4 aromatic rings. The van der Waals surface area contributed by atoms with Crippen LogP contribution in [0.25, 0.3) is 33.9 Å². The maximum absolute atomic E-state index is 10.7. The van der Waals surface area contributed by atoms with Gasteiger partial charge < -0.3 is 47.4 Å².